The highest BCUT2D eigenvalue weighted by Gasteiger charge is 2.31. The fourth-order valence-electron chi connectivity index (χ4n) is 2.90. The van der Waals surface area contributed by atoms with Crippen molar-refractivity contribution in [3.05, 3.63) is 30.1 Å². The van der Waals surface area contributed by atoms with Crippen molar-refractivity contribution in [2.24, 2.45) is 5.92 Å². The summed E-state index contributed by atoms with van der Waals surface area (Å²) in [4.78, 5) is 4.01. The van der Waals surface area contributed by atoms with Gasteiger partial charge in [-0.2, -0.15) is 0 Å². The van der Waals surface area contributed by atoms with Crippen molar-refractivity contribution in [2.45, 2.75) is 51.0 Å². The molecule has 2 rings (SSSR count). The summed E-state index contributed by atoms with van der Waals surface area (Å²) in [7, 11) is 0. The third-order valence-electron chi connectivity index (χ3n) is 4.41. The van der Waals surface area contributed by atoms with Gasteiger partial charge in [0.25, 0.3) is 0 Å². The average Bonchev–Trinajstić information content (AvgIpc) is 2.46. The topological polar surface area (TPSA) is 45.1 Å². The van der Waals surface area contributed by atoms with Crippen LogP contribution in [0, 0.1) is 5.92 Å². The largest absolute Gasteiger partial charge is 0.389 e. The van der Waals surface area contributed by atoms with Gasteiger partial charge in [-0.15, -0.1) is 0 Å². The highest BCUT2D eigenvalue weighted by atomic mass is 16.3. The summed E-state index contributed by atoms with van der Waals surface area (Å²) < 4.78 is 0. The quantitative estimate of drug-likeness (QED) is 0.774. The van der Waals surface area contributed by atoms with Gasteiger partial charge in [0, 0.05) is 18.9 Å². The van der Waals surface area contributed by atoms with E-state index in [0.29, 0.717) is 0 Å². The molecule has 1 aromatic heterocycles. The summed E-state index contributed by atoms with van der Waals surface area (Å²) in [5, 5.41) is 13.9. The molecule has 1 fully saturated rings. The van der Waals surface area contributed by atoms with Gasteiger partial charge in [0.15, 0.2) is 0 Å². The van der Waals surface area contributed by atoms with Crippen LogP contribution in [-0.4, -0.2) is 28.8 Å². The van der Waals surface area contributed by atoms with Gasteiger partial charge in [0.05, 0.1) is 5.60 Å². The van der Waals surface area contributed by atoms with E-state index >= 15 is 0 Å². The molecule has 0 unspecified atom stereocenters. The summed E-state index contributed by atoms with van der Waals surface area (Å²) in [6, 6.07) is 4.09. The van der Waals surface area contributed by atoms with Crippen LogP contribution >= 0.6 is 0 Å². The van der Waals surface area contributed by atoms with Crippen molar-refractivity contribution in [3.63, 3.8) is 0 Å². The minimum Gasteiger partial charge on any atom is -0.389 e. The maximum atomic E-state index is 10.5. The van der Waals surface area contributed by atoms with Gasteiger partial charge in [0.1, 0.15) is 0 Å². The second kappa shape index (κ2) is 7.01. The van der Waals surface area contributed by atoms with Gasteiger partial charge < -0.3 is 10.4 Å². The Bertz CT molecular complexity index is 358. The molecule has 0 aliphatic heterocycles. The smallest absolute Gasteiger partial charge is 0.0771 e. The summed E-state index contributed by atoms with van der Waals surface area (Å²) in [6.07, 6.45) is 10.2. The molecule has 19 heavy (non-hydrogen) atoms. The van der Waals surface area contributed by atoms with E-state index in [-0.39, 0.29) is 0 Å². The van der Waals surface area contributed by atoms with Gasteiger partial charge >= 0.3 is 0 Å². The van der Waals surface area contributed by atoms with E-state index < -0.39 is 5.60 Å². The molecular formula is C16H26N2O. The van der Waals surface area contributed by atoms with Crippen LogP contribution in [0.3, 0.4) is 0 Å². The number of pyridine rings is 1. The summed E-state index contributed by atoms with van der Waals surface area (Å²) >= 11 is 0. The standard InChI is InChI=1S/C16H26N2O/c1-2-14-3-8-16(19,9-4-14)13-18-12-7-15-5-10-17-11-6-15/h5-6,10-11,14,18-19H,2-4,7-9,12-13H2,1H3. The first-order valence-corrected chi connectivity index (χ1v) is 7.54. The Labute approximate surface area is 116 Å². The van der Waals surface area contributed by atoms with E-state index in [1.807, 2.05) is 24.5 Å². The molecule has 1 saturated carbocycles. The highest BCUT2D eigenvalue weighted by Crippen LogP contribution is 2.33. The fraction of sp³-hybridized carbons (Fsp3) is 0.688. The minimum absolute atomic E-state index is 0.468. The molecule has 2 N–H and O–H groups in total. The number of rotatable bonds is 6. The van der Waals surface area contributed by atoms with Crippen LogP contribution in [0.2, 0.25) is 0 Å². The molecule has 0 aromatic carbocycles. The zero-order valence-electron chi connectivity index (χ0n) is 11.9. The average molecular weight is 262 g/mol. The number of nitrogens with one attached hydrogen (secondary N) is 1. The Morgan fingerprint density at radius 1 is 1.32 bits per heavy atom. The molecule has 1 aliphatic carbocycles. The van der Waals surface area contributed by atoms with Gasteiger partial charge in [0.2, 0.25) is 0 Å². The Morgan fingerprint density at radius 3 is 2.63 bits per heavy atom. The van der Waals surface area contributed by atoms with Crippen LogP contribution in [-0.2, 0) is 6.42 Å². The maximum Gasteiger partial charge on any atom is 0.0771 e. The first-order valence-electron chi connectivity index (χ1n) is 7.54. The lowest BCUT2D eigenvalue weighted by Gasteiger charge is -2.36. The third-order valence-corrected chi connectivity index (χ3v) is 4.41. The highest BCUT2D eigenvalue weighted by molar-refractivity contribution is 5.09. The molecular weight excluding hydrogens is 236 g/mol. The zero-order chi connectivity index (χ0) is 13.6. The van der Waals surface area contributed by atoms with Crippen molar-refractivity contribution < 1.29 is 5.11 Å². The fourth-order valence-corrected chi connectivity index (χ4v) is 2.90. The van der Waals surface area contributed by atoms with E-state index in [1.54, 1.807) is 0 Å². The van der Waals surface area contributed by atoms with Gasteiger partial charge in [-0.3, -0.25) is 4.98 Å². The van der Waals surface area contributed by atoms with E-state index in [0.717, 1.165) is 38.3 Å². The lowest BCUT2D eigenvalue weighted by atomic mass is 9.78. The van der Waals surface area contributed by atoms with Crippen molar-refractivity contribution in [1.29, 1.82) is 0 Å². The molecule has 0 saturated heterocycles. The normalized spacial score (nSPS) is 27.4. The van der Waals surface area contributed by atoms with Crippen LogP contribution in [0.5, 0.6) is 0 Å². The summed E-state index contributed by atoms with van der Waals surface area (Å²) in [5.74, 6) is 0.831. The molecule has 0 atom stereocenters. The Balaban J connectivity index is 1.65. The van der Waals surface area contributed by atoms with Crippen LogP contribution in [0.1, 0.15) is 44.6 Å². The lowest BCUT2D eigenvalue weighted by molar-refractivity contribution is -0.00835. The molecule has 1 aromatic rings. The minimum atomic E-state index is -0.468. The summed E-state index contributed by atoms with van der Waals surface area (Å²) in [6.45, 7) is 3.90. The Morgan fingerprint density at radius 2 is 2.00 bits per heavy atom. The predicted molar refractivity (Wildman–Crippen MR) is 78.0 cm³/mol. The van der Waals surface area contributed by atoms with Gasteiger partial charge in [-0.25, -0.2) is 0 Å². The predicted octanol–water partition coefficient (Wildman–Crippen LogP) is 2.55. The first-order chi connectivity index (χ1) is 9.22. The third kappa shape index (κ3) is 4.59. The van der Waals surface area contributed by atoms with Crippen molar-refractivity contribution in [1.82, 2.24) is 10.3 Å². The van der Waals surface area contributed by atoms with Crippen molar-refractivity contribution in [3.8, 4) is 0 Å². The first kappa shape index (κ1) is 14.5. The molecule has 1 aliphatic rings. The number of aliphatic hydroxyl groups is 1. The van der Waals surface area contributed by atoms with E-state index in [4.69, 9.17) is 0 Å². The molecule has 0 spiro atoms. The zero-order valence-corrected chi connectivity index (χ0v) is 11.9. The van der Waals surface area contributed by atoms with Crippen molar-refractivity contribution >= 4 is 0 Å². The Hall–Kier alpha value is -0.930. The van der Waals surface area contributed by atoms with E-state index in [9.17, 15) is 5.11 Å². The number of aromatic nitrogens is 1. The van der Waals surface area contributed by atoms with Gasteiger partial charge in [-0.05, 0) is 62.3 Å². The van der Waals surface area contributed by atoms with Crippen LogP contribution < -0.4 is 5.32 Å². The van der Waals surface area contributed by atoms with Crippen molar-refractivity contribution in [2.75, 3.05) is 13.1 Å². The monoisotopic (exact) mass is 262 g/mol. The van der Waals surface area contributed by atoms with E-state index in [1.165, 1.54) is 24.8 Å². The summed E-state index contributed by atoms with van der Waals surface area (Å²) in [5.41, 5.74) is 0.827. The Kier molecular flexibility index (Phi) is 5.34. The lowest BCUT2D eigenvalue weighted by Crippen LogP contribution is -2.44. The molecule has 0 bridgehead atoms. The van der Waals surface area contributed by atoms with Crippen LogP contribution in [0.25, 0.3) is 0 Å². The molecule has 106 valence electrons. The SMILES string of the molecule is CCC1CCC(O)(CNCCc2ccncc2)CC1. The van der Waals surface area contributed by atoms with Crippen LogP contribution in [0.15, 0.2) is 24.5 Å². The molecule has 3 heteroatoms. The maximum absolute atomic E-state index is 10.5. The van der Waals surface area contributed by atoms with E-state index in [2.05, 4.69) is 17.2 Å². The van der Waals surface area contributed by atoms with Crippen LogP contribution in [0.4, 0.5) is 0 Å². The molecule has 1 heterocycles. The number of hydrogen-bond donors (Lipinski definition) is 2. The number of hydrogen-bond acceptors (Lipinski definition) is 3. The second-order valence-electron chi connectivity index (χ2n) is 5.86. The molecule has 3 nitrogen and oxygen atoms in total. The number of nitrogens with zero attached hydrogens (tertiary/aromatic N) is 1. The second-order valence-corrected chi connectivity index (χ2v) is 5.86. The molecule has 0 amide bonds. The van der Waals surface area contributed by atoms with Gasteiger partial charge in [-0.1, -0.05) is 13.3 Å². The molecule has 0 radical (unpaired) electrons.